The molecule has 0 unspecified atom stereocenters. The first-order valence-electron chi connectivity index (χ1n) is 4.06. The maximum Gasteiger partial charge on any atom is 2.00 e. The van der Waals surface area contributed by atoms with Crippen LogP contribution in [-0.2, 0) is 0 Å². The Morgan fingerprint density at radius 3 is 1.62 bits per heavy atom. The van der Waals surface area contributed by atoms with Crippen molar-refractivity contribution in [3.05, 3.63) is 38.8 Å². The predicted octanol–water partition coefficient (Wildman–Crippen LogP) is 3.39. The Kier molecular flexibility index (Phi) is 42.0. The van der Waals surface area contributed by atoms with Crippen molar-refractivity contribution in [3.8, 4) is 0 Å². The summed E-state index contributed by atoms with van der Waals surface area (Å²) in [6.07, 6.45) is 4.90. The summed E-state index contributed by atoms with van der Waals surface area (Å²) in [7, 11) is -0.688. The van der Waals surface area contributed by atoms with Crippen LogP contribution in [-0.4, -0.2) is 31.8 Å². The van der Waals surface area contributed by atoms with E-state index < -0.39 is 8.80 Å². The van der Waals surface area contributed by atoms with Crippen molar-refractivity contribution < 1.29 is 0 Å². The molecule has 0 aromatic heterocycles. The van der Waals surface area contributed by atoms with Crippen molar-refractivity contribution in [1.29, 1.82) is 0 Å². The Morgan fingerprint density at radius 2 is 1.46 bits per heavy atom. The van der Waals surface area contributed by atoms with Gasteiger partial charge in [-0.15, -0.1) is 30.1 Å². The second-order valence-corrected chi connectivity index (χ2v) is 5.09. The van der Waals surface area contributed by atoms with Crippen LogP contribution in [0.1, 0.15) is 13.3 Å². The van der Waals surface area contributed by atoms with Gasteiger partial charge in [0.05, 0.1) is 0 Å². The predicted molar refractivity (Wildman–Crippen MR) is 74.2 cm³/mol. The first-order chi connectivity index (χ1) is 5.22. The topological polar surface area (TPSA) is 0 Å². The van der Waals surface area contributed by atoms with Crippen LogP contribution in [0.4, 0.5) is 0 Å². The summed E-state index contributed by atoms with van der Waals surface area (Å²) >= 11 is 0. The van der Waals surface area contributed by atoms with Gasteiger partial charge in [0.15, 0.2) is 0 Å². The monoisotopic (exact) mass is 272 g/mol. The van der Waals surface area contributed by atoms with Gasteiger partial charge in [0.25, 0.3) is 0 Å². The van der Waals surface area contributed by atoms with Gasteiger partial charge in [-0.1, -0.05) is 40.0 Å². The van der Waals surface area contributed by atoms with Crippen molar-refractivity contribution in [1.82, 2.24) is 0 Å². The van der Waals surface area contributed by atoms with E-state index in [4.69, 9.17) is 0 Å². The molecule has 0 amide bonds. The third kappa shape index (κ3) is 32.2. The van der Waals surface area contributed by atoms with Gasteiger partial charge in [-0.05, 0) is 0 Å². The van der Waals surface area contributed by atoms with Crippen LogP contribution in [0, 0.1) is 13.5 Å². The second kappa shape index (κ2) is 23.1. The van der Waals surface area contributed by atoms with Crippen molar-refractivity contribution in [2.45, 2.75) is 25.4 Å². The fourth-order valence-electron chi connectivity index (χ4n) is 0.568. The molecular weight excluding hydrogens is 252 g/mol. The van der Waals surface area contributed by atoms with Gasteiger partial charge in [0.1, 0.15) is 0 Å². The van der Waals surface area contributed by atoms with Crippen LogP contribution in [0.15, 0.2) is 25.3 Å². The van der Waals surface area contributed by atoms with E-state index in [1.54, 1.807) is 0 Å². The van der Waals surface area contributed by atoms with E-state index in [2.05, 4.69) is 26.6 Å². The molecule has 0 rings (SSSR count). The molecule has 0 aliphatic heterocycles. The van der Waals surface area contributed by atoms with E-state index in [1.807, 2.05) is 19.1 Å². The van der Waals surface area contributed by atoms with Gasteiger partial charge >= 0.3 is 23.1 Å². The van der Waals surface area contributed by atoms with E-state index in [0.29, 0.717) is 0 Å². The van der Waals surface area contributed by atoms with Crippen LogP contribution < -0.4 is 0 Å². The van der Waals surface area contributed by atoms with E-state index in [0.717, 1.165) is 18.5 Å². The number of halogens is 1. The molecule has 0 saturated carbocycles. The molecule has 0 saturated heterocycles. The van der Waals surface area contributed by atoms with Crippen molar-refractivity contribution >= 4 is 48.8 Å². The van der Waals surface area contributed by atoms with E-state index in [-0.39, 0.29) is 40.0 Å². The molecule has 0 N–H and O–H groups in total. The first-order valence-corrected chi connectivity index (χ1v) is 6.51. The van der Waals surface area contributed by atoms with E-state index in [9.17, 15) is 0 Å². The largest absolute Gasteiger partial charge is 2.00 e. The maximum absolute atomic E-state index is 4.01. The van der Waals surface area contributed by atoms with Gasteiger partial charge in [0.2, 0.25) is 0 Å². The molecule has 13 heavy (non-hydrogen) atoms. The SMILES string of the molecule is Br.C=CC[SiH]([CH2-])CC=C.[CH2-]CC.[Mg+2]. The zero-order valence-corrected chi connectivity index (χ0v) is 13.1. The summed E-state index contributed by atoms with van der Waals surface area (Å²) in [5, 5.41) is 0. The minimum atomic E-state index is -0.688. The number of hydrogen-bond donors (Lipinski definition) is 0. The number of allylic oxidation sites excluding steroid dienone is 2. The zero-order chi connectivity index (χ0) is 9.11. The molecule has 0 spiro atoms. The van der Waals surface area contributed by atoms with Crippen LogP contribution >= 0.6 is 17.0 Å². The summed E-state index contributed by atoms with van der Waals surface area (Å²) in [4.78, 5) is 0. The van der Waals surface area contributed by atoms with Crippen LogP contribution in [0.2, 0.25) is 12.1 Å². The Labute approximate surface area is 112 Å². The quantitative estimate of drug-likeness (QED) is 0.418. The summed E-state index contributed by atoms with van der Waals surface area (Å²) in [6, 6.07) is 2.26. The standard InChI is InChI=1S/C7H13Si.C3H7.BrH.Mg/c1-4-6-8(3)7-5-2;1-3-2;;/h4-5,8H,1-3,6-7H2;1,3H2,2H3;1H;/q2*-1;;+2. The average Bonchev–Trinajstić information content (AvgIpc) is 1.90. The molecule has 0 atom stereocenters. The third-order valence-electron chi connectivity index (χ3n) is 1.00. The van der Waals surface area contributed by atoms with E-state index >= 15 is 0 Å². The fraction of sp³-hybridized carbons (Fsp3) is 0.400. The molecule has 3 heteroatoms. The Hall–Kier alpha value is 0.943. The van der Waals surface area contributed by atoms with Gasteiger partial charge in [-0.2, -0.15) is 6.42 Å². The van der Waals surface area contributed by atoms with Gasteiger partial charge in [-0.3, -0.25) is 0 Å². The average molecular weight is 274 g/mol. The first kappa shape index (κ1) is 23.6. The molecular formula is C10H21BrMgSi. The van der Waals surface area contributed by atoms with Crippen molar-refractivity contribution in [2.24, 2.45) is 0 Å². The normalized spacial score (nSPS) is 7.08. The van der Waals surface area contributed by atoms with Gasteiger partial charge < -0.3 is 13.5 Å². The number of rotatable bonds is 4. The third-order valence-corrected chi connectivity index (χ3v) is 3.00. The Bertz CT molecular complexity index is 86.9. The van der Waals surface area contributed by atoms with Crippen molar-refractivity contribution in [2.75, 3.05) is 0 Å². The van der Waals surface area contributed by atoms with Gasteiger partial charge in [-0.25, -0.2) is 0 Å². The summed E-state index contributed by atoms with van der Waals surface area (Å²) in [5.74, 6) is 0. The van der Waals surface area contributed by atoms with Crippen molar-refractivity contribution in [3.63, 3.8) is 0 Å². The van der Waals surface area contributed by atoms with E-state index in [1.165, 1.54) is 0 Å². The molecule has 0 heterocycles. The zero-order valence-electron chi connectivity index (χ0n) is 8.80. The minimum Gasteiger partial charge on any atom is -0.344 e. The van der Waals surface area contributed by atoms with Crippen LogP contribution in [0.5, 0.6) is 0 Å². The molecule has 0 radical (unpaired) electrons. The molecule has 0 nitrogen and oxygen atoms in total. The smallest absolute Gasteiger partial charge is 0.344 e. The minimum absolute atomic E-state index is 0. The second-order valence-electron chi connectivity index (χ2n) is 2.41. The maximum atomic E-state index is 4.01. The fourth-order valence-corrected chi connectivity index (χ4v) is 1.70. The molecule has 0 aliphatic carbocycles. The molecule has 0 aromatic rings. The molecule has 0 aromatic carbocycles. The van der Waals surface area contributed by atoms with Crippen LogP contribution in [0.3, 0.4) is 0 Å². The number of hydrogen-bond acceptors (Lipinski definition) is 0. The molecule has 0 bridgehead atoms. The summed E-state index contributed by atoms with van der Waals surface area (Å²) in [5.41, 5.74) is 0. The van der Waals surface area contributed by atoms with Crippen LogP contribution in [0.25, 0.3) is 0 Å². The summed E-state index contributed by atoms with van der Waals surface area (Å²) in [6.45, 7) is 16.8. The Balaban J connectivity index is -0.0000000720. The Morgan fingerprint density at radius 1 is 1.23 bits per heavy atom. The van der Waals surface area contributed by atoms with Gasteiger partial charge in [0, 0.05) is 0 Å². The summed E-state index contributed by atoms with van der Waals surface area (Å²) < 4.78 is 0. The molecule has 0 fully saturated rings. The molecule has 0 aliphatic rings. The molecule has 74 valence electrons.